The molecule has 1 saturated heterocycles. The van der Waals surface area contributed by atoms with Crippen LogP contribution in [0.1, 0.15) is 0 Å². The zero-order valence-electron chi connectivity index (χ0n) is 9.06. The summed E-state index contributed by atoms with van der Waals surface area (Å²) in [5.41, 5.74) is 6.11. The van der Waals surface area contributed by atoms with Crippen molar-refractivity contribution in [3.63, 3.8) is 0 Å². The molecule has 0 saturated carbocycles. The predicted octanol–water partition coefficient (Wildman–Crippen LogP) is -0.913. The number of rotatable bonds is 3. The number of aliphatic hydroxyl groups is 3. The van der Waals surface area contributed by atoms with E-state index >= 15 is 0 Å². The van der Waals surface area contributed by atoms with Gasteiger partial charge in [0.2, 0.25) is 6.29 Å². The van der Waals surface area contributed by atoms with Crippen molar-refractivity contribution in [3.05, 3.63) is 24.3 Å². The van der Waals surface area contributed by atoms with Crippen LogP contribution in [0.25, 0.3) is 0 Å². The summed E-state index contributed by atoms with van der Waals surface area (Å²) in [6.07, 6.45) is -4.17. The van der Waals surface area contributed by atoms with Crippen molar-refractivity contribution >= 4 is 5.69 Å². The van der Waals surface area contributed by atoms with E-state index in [-0.39, 0.29) is 6.61 Å². The van der Waals surface area contributed by atoms with Crippen LogP contribution in [0.4, 0.5) is 5.69 Å². The number of nitrogens with two attached hydrogens (primary N) is 1. The quantitative estimate of drug-likeness (QED) is 0.510. The van der Waals surface area contributed by atoms with E-state index in [1.807, 2.05) is 0 Å². The molecule has 0 amide bonds. The summed E-state index contributed by atoms with van der Waals surface area (Å²) in [6, 6.07) is 6.56. The zero-order chi connectivity index (χ0) is 12.4. The van der Waals surface area contributed by atoms with Crippen molar-refractivity contribution in [1.29, 1.82) is 0 Å². The van der Waals surface area contributed by atoms with Gasteiger partial charge in [0.1, 0.15) is 24.1 Å². The number of nitrogen functional groups attached to an aromatic ring is 1. The van der Waals surface area contributed by atoms with Gasteiger partial charge in [-0.2, -0.15) is 0 Å². The van der Waals surface area contributed by atoms with Gasteiger partial charge in [-0.25, -0.2) is 0 Å². The lowest BCUT2D eigenvalue weighted by molar-refractivity contribution is -0.116. The maximum atomic E-state index is 9.64. The number of ether oxygens (including phenoxy) is 2. The molecule has 0 unspecified atom stereocenters. The molecule has 4 atom stereocenters. The minimum absolute atomic E-state index is 0.375. The first-order chi connectivity index (χ1) is 8.11. The van der Waals surface area contributed by atoms with Crippen LogP contribution in [0.15, 0.2) is 24.3 Å². The average Bonchev–Trinajstić information content (AvgIpc) is 2.60. The van der Waals surface area contributed by atoms with Crippen LogP contribution in [0.5, 0.6) is 5.75 Å². The van der Waals surface area contributed by atoms with Gasteiger partial charge in [-0.1, -0.05) is 0 Å². The van der Waals surface area contributed by atoms with Gasteiger partial charge in [-0.3, -0.25) is 0 Å². The van der Waals surface area contributed by atoms with Gasteiger partial charge < -0.3 is 30.5 Å². The predicted molar refractivity (Wildman–Crippen MR) is 59.2 cm³/mol. The first-order valence-electron chi connectivity index (χ1n) is 5.26. The summed E-state index contributed by atoms with van der Waals surface area (Å²) in [5, 5.41) is 28.1. The first kappa shape index (κ1) is 12.1. The second-order valence-corrected chi connectivity index (χ2v) is 3.89. The van der Waals surface area contributed by atoms with E-state index in [4.69, 9.17) is 20.3 Å². The number of hydrogen-bond donors (Lipinski definition) is 4. The SMILES string of the molecule is Nc1ccc(O[C@@H]2O[C@H](CO)[C@@H](O)[C@H]2O)cc1. The van der Waals surface area contributed by atoms with Crippen LogP contribution >= 0.6 is 0 Å². The summed E-state index contributed by atoms with van der Waals surface area (Å²) in [4.78, 5) is 0. The highest BCUT2D eigenvalue weighted by atomic mass is 16.7. The van der Waals surface area contributed by atoms with Crippen LogP contribution in [-0.2, 0) is 4.74 Å². The van der Waals surface area contributed by atoms with Gasteiger partial charge in [-0.05, 0) is 24.3 Å². The van der Waals surface area contributed by atoms with Crippen LogP contribution in [-0.4, -0.2) is 46.5 Å². The molecular formula is C11H15NO5. The van der Waals surface area contributed by atoms with E-state index in [1.165, 1.54) is 0 Å². The second kappa shape index (κ2) is 4.89. The van der Waals surface area contributed by atoms with Crippen molar-refractivity contribution in [2.24, 2.45) is 0 Å². The number of anilines is 1. The van der Waals surface area contributed by atoms with Gasteiger partial charge in [0.05, 0.1) is 6.61 Å². The fraction of sp³-hybridized carbons (Fsp3) is 0.455. The van der Waals surface area contributed by atoms with E-state index in [0.717, 1.165) is 0 Å². The highest BCUT2D eigenvalue weighted by Crippen LogP contribution is 2.24. The Morgan fingerprint density at radius 1 is 1.18 bits per heavy atom. The lowest BCUT2D eigenvalue weighted by Crippen LogP contribution is -2.35. The molecular weight excluding hydrogens is 226 g/mol. The Labute approximate surface area is 98.2 Å². The highest BCUT2D eigenvalue weighted by molar-refractivity contribution is 5.41. The smallest absolute Gasteiger partial charge is 0.229 e. The molecule has 6 heteroatoms. The Kier molecular flexibility index (Phi) is 3.49. The standard InChI is InChI=1S/C11H15NO5/c12-6-1-3-7(4-2-6)16-11-10(15)9(14)8(5-13)17-11/h1-4,8-11,13-15H,5,12H2/t8-,9-,10-,11-/m1/s1. The molecule has 5 N–H and O–H groups in total. The third kappa shape index (κ3) is 2.50. The molecule has 6 nitrogen and oxygen atoms in total. The molecule has 0 aromatic heterocycles. The normalized spacial score (nSPS) is 32.6. The fourth-order valence-electron chi connectivity index (χ4n) is 1.64. The Balaban J connectivity index is 2.02. The van der Waals surface area contributed by atoms with Gasteiger partial charge in [0.15, 0.2) is 0 Å². The van der Waals surface area contributed by atoms with Crippen molar-refractivity contribution in [3.8, 4) is 5.75 Å². The van der Waals surface area contributed by atoms with Gasteiger partial charge >= 0.3 is 0 Å². The van der Waals surface area contributed by atoms with Crippen molar-refractivity contribution in [1.82, 2.24) is 0 Å². The van der Waals surface area contributed by atoms with E-state index in [0.29, 0.717) is 11.4 Å². The van der Waals surface area contributed by atoms with Gasteiger partial charge in [-0.15, -0.1) is 0 Å². The molecule has 1 aliphatic heterocycles. The monoisotopic (exact) mass is 241 g/mol. The third-order valence-electron chi connectivity index (χ3n) is 2.63. The van der Waals surface area contributed by atoms with Crippen molar-refractivity contribution in [2.45, 2.75) is 24.6 Å². The number of aliphatic hydroxyl groups excluding tert-OH is 3. The molecule has 17 heavy (non-hydrogen) atoms. The highest BCUT2D eigenvalue weighted by Gasteiger charge is 2.43. The molecule has 0 aliphatic carbocycles. The molecule has 2 rings (SSSR count). The zero-order valence-corrected chi connectivity index (χ0v) is 9.06. The third-order valence-corrected chi connectivity index (χ3v) is 2.63. The molecule has 1 heterocycles. The Hall–Kier alpha value is -1.34. The molecule has 94 valence electrons. The van der Waals surface area contributed by atoms with Gasteiger partial charge in [0, 0.05) is 5.69 Å². The van der Waals surface area contributed by atoms with Crippen LogP contribution in [0.2, 0.25) is 0 Å². The van der Waals surface area contributed by atoms with Crippen molar-refractivity contribution < 1.29 is 24.8 Å². The maximum absolute atomic E-state index is 9.64. The molecule has 0 radical (unpaired) electrons. The molecule has 1 fully saturated rings. The minimum atomic E-state index is -1.19. The summed E-state index contributed by atoms with van der Waals surface area (Å²) in [5.74, 6) is 0.467. The van der Waals surface area contributed by atoms with E-state index in [1.54, 1.807) is 24.3 Å². The van der Waals surface area contributed by atoms with E-state index in [9.17, 15) is 10.2 Å². The largest absolute Gasteiger partial charge is 0.462 e. The Bertz CT molecular complexity index is 369. The van der Waals surface area contributed by atoms with Crippen molar-refractivity contribution in [2.75, 3.05) is 12.3 Å². The summed E-state index contributed by atoms with van der Waals surface area (Å²) < 4.78 is 10.5. The lowest BCUT2D eigenvalue weighted by atomic mass is 10.1. The average molecular weight is 241 g/mol. The number of hydrogen-bond acceptors (Lipinski definition) is 6. The molecule has 0 bridgehead atoms. The second-order valence-electron chi connectivity index (χ2n) is 3.89. The Morgan fingerprint density at radius 2 is 1.82 bits per heavy atom. The van der Waals surface area contributed by atoms with Crippen LogP contribution < -0.4 is 10.5 Å². The topological polar surface area (TPSA) is 105 Å². The van der Waals surface area contributed by atoms with Crippen LogP contribution in [0, 0.1) is 0 Å². The van der Waals surface area contributed by atoms with E-state index in [2.05, 4.69) is 0 Å². The summed E-state index contributed by atoms with van der Waals surface area (Å²) >= 11 is 0. The molecule has 1 aliphatic rings. The van der Waals surface area contributed by atoms with Gasteiger partial charge in [0.25, 0.3) is 0 Å². The van der Waals surface area contributed by atoms with Crippen LogP contribution in [0.3, 0.4) is 0 Å². The molecule has 1 aromatic rings. The van der Waals surface area contributed by atoms with E-state index < -0.39 is 24.6 Å². The Morgan fingerprint density at radius 3 is 2.35 bits per heavy atom. The molecule has 1 aromatic carbocycles. The lowest BCUT2D eigenvalue weighted by Gasteiger charge is -2.16. The molecule has 0 spiro atoms. The first-order valence-corrected chi connectivity index (χ1v) is 5.26. The number of benzene rings is 1. The minimum Gasteiger partial charge on any atom is -0.462 e. The summed E-state index contributed by atoms with van der Waals surface area (Å²) in [6.45, 7) is -0.375. The maximum Gasteiger partial charge on any atom is 0.229 e. The fourth-order valence-corrected chi connectivity index (χ4v) is 1.64. The summed E-state index contributed by atoms with van der Waals surface area (Å²) in [7, 11) is 0.